The monoisotopic (exact) mass is 366 g/mol. The Hall–Kier alpha value is -1.14. The van der Waals surface area contributed by atoms with Gasteiger partial charge in [0.1, 0.15) is 0 Å². The third-order valence-corrected chi connectivity index (χ3v) is 5.39. The Morgan fingerprint density at radius 2 is 1.46 bits per heavy atom. The fraction of sp³-hybridized carbons (Fsp3) is 0.900. The Labute approximate surface area is 159 Å². The van der Waals surface area contributed by atoms with Gasteiger partial charge in [0.05, 0.1) is 13.1 Å². The van der Waals surface area contributed by atoms with Crippen molar-refractivity contribution in [1.29, 1.82) is 0 Å². The molecule has 0 unspecified atom stereocenters. The molecule has 2 aliphatic rings. The van der Waals surface area contributed by atoms with Crippen molar-refractivity contribution >= 4 is 11.8 Å². The molecule has 2 amide bonds. The van der Waals surface area contributed by atoms with Crippen LogP contribution in [0.5, 0.6) is 0 Å². The Morgan fingerprint density at radius 3 is 2.04 bits per heavy atom. The van der Waals surface area contributed by atoms with Crippen LogP contribution in [0.4, 0.5) is 0 Å². The molecule has 2 atom stereocenters. The van der Waals surface area contributed by atoms with E-state index in [1.165, 1.54) is 19.3 Å². The van der Waals surface area contributed by atoms with E-state index < -0.39 is 0 Å². The summed E-state index contributed by atoms with van der Waals surface area (Å²) in [7, 11) is 0. The molecule has 0 aromatic heterocycles. The van der Waals surface area contributed by atoms with Crippen molar-refractivity contribution in [1.82, 2.24) is 20.4 Å². The van der Waals surface area contributed by atoms with Gasteiger partial charge < -0.3 is 10.6 Å². The number of amides is 2. The molecular weight excluding hydrogens is 328 g/mol. The second-order valence-electron chi connectivity index (χ2n) is 9.14. The van der Waals surface area contributed by atoms with E-state index in [1.807, 2.05) is 20.8 Å². The number of nitrogens with zero attached hydrogens (tertiary/aromatic N) is 2. The van der Waals surface area contributed by atoms with Gasteiger partial charge in [0.15, 0.2) is 0 Å². The summed E-state index contributed by atoms with van der Waals surface area (Å²) in [5, 5.41) is 6.27. The van der Waals surface area contributed by atoms with Crippen LogP contribution in [0.3, 0.4) is 0 Å². The Kier molecular flexibility index (Phi) is 7.89. The summed E-state index contributed by atoms with van der Waals surface area (Å²) in [6.07, 6.45) is 5.85. The molecule has 0 spiro atoms. The van der Waals surface area contributed by atoms with Crippen LogP contribution in [-0.4, -0.2) is 72.5 Å². The van der Waals surface area contributed by atoms with E-state index in [4.69, 9.17) is 0 Å². The van der Waals surface area contributed by atoms with Crippen molar-refractivity contribution < 1.29 is 9.59 Å². The molecule has 2 N–H and O–H groups in total. The summed E-state index contributed by atoms with van der Waals surface area (Å²) in [6.45, 7) is 12.7. The minimum atomic E-state index is -0.191. The van der Waals surface area contributed by atoms with Crippen molar-refractivity contribution in [2.75, 3.05) is 39.3 Å². The molecular formula is C20H38N4O2. The maximum absolute atomic E-state index is 12.4. The van der Waals surface area contributed by atoms with E-state index in [1.54, 1.807) is 0 Å². The highest BCUT2D eigenvalue weighted by Gasteiger charge is 2.24. The maximum atomic E-state index is 12.4. The van der Waals surface area contributed by atoms with E-state index >= 15 is 0 Å². The normalized spacial score (nSPS) is 26.2. The molecule has 150 valence electrons. The molecule has 26 heavy (non-hydrogen) atoms. The van der Waals surface area contributed by atoms with Gasteiger partial charge in [-0.05, 0) is 59.0 Å². The van der Waals surface area contributed by atoms with Gasteiger partial charge in [-0.1, -0.05) is 19.8 Å². The molecule has 1 aliphatic heterocycles. The third kappa shape index (κ3) is 7.62. The van der Waals surface area contributed by atoms with E-state index in [0.717, 1.165) is 39.0 Å². The molecule has 0 radical (unpaired) electrons. The van der Waals surface area contributed by atoms with Crippen LogP contribution >= 0.6 is 0 Å². The number of hydrogen-bond acceptors (Lipinski definition) is 4. The van der Waals surface area contributed by atoms with Crippen LogP contribution < -0.4 is 10.6 Å². The Bertz CT molecular complexity index is 475. The summed E-state index contributed by atoms with van der Waals surface area (Å²) in [6, 6.07) is 0.348. The van der Waals surface area contributed by atoms with E-state index in [-0.39, 0.29) is 17.4 Å². The predicted molar refractivity (Wildman–Crippen MR) is 105 cm³/mol. The summed E-state index contributed by atoms with van der Waals surface area (Å²) >= 11 is 0. The lowest BCUT2D eigenvalue weighted by Crippen LogP contribution is -2.47. The largest absolute Gasteiger partial charge is 0.352 e. The minimum absolute atomic E-state index is 0.0787. The van der Waals surface area contributed by atoms with Gasteiger partial charge in [-0.25, -0.2) is 0 Å². The lowest BCUT2D eigenvalue weighted by molar-refractivity contribution is -0.124. The zero-order chi connectivity index (χ0) is 19.2. The van der Waals surface area contributed by atoms with Gasteiger partial charge in [0.2, 0.25) is 11.8 Å². The number of carbonyl (C=O) groups is 2. The smallest absolute Gasteiger partial charge is 0.234 e. The molecule has 1 aliphatic carbocycles. The molecule has 6 heteroatoms. The summed E-state index contributed by atoms with van der Waals surface area (Å²) < 4.78 is 0. The van der Waals surface area contributed by atoms with Gasteiger partial charge in [0.25, 0.3) is 0 Å². The maximum Gasteiger partial charge on any atom is 0.234 e. The van der Waals surface area contributed by atoms with Crippen molar-refractivity contribution in [3.05, 3.63) is 0 Å². The van der Waals surface area contributed by atoms with Gasteiger partial charge in [-0.15, -0.1) is 0 Å². The molecule has 2 rings (SSSR count). The average molecular weight is 367 g/mol. The molecule has 1 heterocycles. The average Bonchev–Trinajstić information content (AvgIpc) is 2.73. The number of nitrogens with one attached hydrogen (secondary N) is 2. The van der Waals surface area contributed by atoms with Crippen LogP contribution in [0, 0.1) is 5.92 Å². The first-order chi connectivity index (χ1) is 12.2. The van der Waals surface area contributed by atoms with E-state index in [9.17, 15) is 9.59 Å². The highest BCUT2D eigenvalue weighted by Crippen LogP contribution is 2.23. The fourth-order valence-electron chi connectivity index (χ4n) is 3.99. The highest BCUT2D eigenvalue weighted by atomic mass is 16.2. The Morgan fingerprint density at radius 1 is 0.885 bits per heavy atom. The van der Waals surface area contributed by atoms with Crippen LogP contribution in [0.15, 0.2) is 0 Å². The summed E-state index contributed by atoms with van der Waals surface area (Å²) in [4.78, 5) is 29.0. The zero-order valence-corrected chi connectivity index (χ0v) is 17.1. The molecule has 1 saturated carbocycles. The quantitative estimate of drug-likeness (QED) is 0.776. The number of rotatable bonds is 5. The summed E-state index contributed by atoms with van der Waals surface area (Å²) in [5.41, 5.74) is -0.191. The van der Waals surface area contributed by atoms with Gasteiger partial charge in [-0.3, -0.25) is 19.4 Å². The van der Waals surface area contributed by atoms with Crippen molar-refractivity contribution in [3.63, 3.8) is 0 Å². The molecule has 2 fully saturated rings. The second kappa shape index (κ2) is 9.70. The zero-order valence-electron chi connectivity index (χ0n) is 17.1. The van der Waals surface area contributed by atoms with Crippen LogP contribution in [0.25, 0.3) is 0 Å². The number of carbonyl (C=O) groups excluding carboxylic acids is 2. The molecule has 0 bridgehead atoms. The molecule has 6 nitrogen and oxygen atoms in total. The lowest BCUT2D eigenvalue weighted by atomic mass is 9.86. The van der Waals surface area contributed by atoms with Crippen molar-refractivity contribution in [3.8, 4) is 0 Å². The predicted octanol–water partition coefficient (Wildman–Crippen LogP) is 1.60. The molecule has 1 saturated heterocycles. The van der Waals surface area contributed by atoms with Crippen molar-refractivity contribution in [2.45, 2.75) is 71.4 Å². The molecule has 0 aromatic rings. The topological polar surface area (TPSA) is 64.7 Å². The molecule has 0 aromatic carbocycles. The van der Waals surface area contributed by atoms with E-state index in [2.05, 4.69) is 27.4 Å². The van der Waals surface area contributed by atoms with Crippen molar-refractivity contribution in [2.24, 2.45) is 5.92 Å². The Balaban J connectivity index is 1.72. The van der Waals surface area contributed by atoms with Gasteiger partial charge in [-0.2, -0.15) is 0 Å². The first-order valence-electron chi connectivity index (χ1n) is 10.3. The number of hydrogen-bond donors (Lipinski definition) is 2. The lowest BCUT2D eigenvalue weighted by Gasteiger charge is -2.30. The fourth-order valence-corrected chi connectivity index (χ4v) is 3.99. The van der Waals surface area contributed by atoms with Gasteiger partial charge in [0, 0.05) is 24.7 Å². The first kappa shape index (κ1) is 21.2. The van der Waals surface area contributed by atoms with E-state index in [0.29, 0.717) is 25.0 Å². The van der Waals surface area contributed by atoms with Crippen LogP contribution in [-0.2, 0) is 9.59 Å². The second-order valence-corrected chi connectivity index (χ2v) is 9.14. The third-order valence-electron chi connectivity index (χ3n) is 5.39. The summed E-state index contributed by atoms with van der Waals surface area (Å²) in [5.74, 6) is 0.825. The van der Waals surface area contributed by atoms with Gasteiger partial charge >= 0.3 is 0 Å². The first-order valence-corrected chi connectivity index (χ1v) is 10.3. The van der Waals surface area contributed by atoms with Crippen LogP contribution in [0.1, 0.15) is 59.8 Å². The SMILES string of the molecule is C[C@@H]1CCCC[C@@H]1NC(=O)CN1CCCN(CC(=O)NC(C)(C)C)CC1. The minimum Gasteiger partial charge on any atom is -0.352 e. The standard InChI is InChI=1S/C20H38N4O2/c1-16-8-5-6-9-17(16)21-18(25)14-23-10-7-11-24(13-12-23)15-19(26)22-20(2,3)4/h16-17H,5-15H2,1-4H3,(H,21,25)(H,22,26)/t16-,17+/m1/s1. The highest BCUT2D eigenvalue weighted by molar-refractivity contribution is 5.79. The van der Waals surface area contributed by atoms with Crippen LogP contribution in [0.2, 0.25) is 0 Å².